The predicted molar refractivity (Wildman–Crippen MR) is 80.1 cm³/mol. The zero-order chi connectivity index (χ0) is 11.4. The van der Waals surface area contributed by atoms with E-state index in [-0.39, 0.29) is 0 Å². The molecule has 1 nitrogen and oxygen atoms in total. The van der Waals surface area contributed by atoms with Crippen LogP contribution in [0.25, 0.3) is 0 Å². The van der Waals surface area contributed by atoms with E-state index in [0.29, 0.717) is 9.47 Å². The molecule has 1 aromatic carbocycles. The van der Waals surface area contributed by atoms with Gasteiger partial charge in [0.05, 0.1) is 0 Å². The van der Waals surface area contributed by atoms with Crippen molar-refractivity contribution in [1.82, 2.24) is 0 Å². The Bertz CT molecular complexity index is 219. The van der Waals surface area contributed by atoms with Gasteiger partial charge < -0.3 is 5.32 Å². The summed E-state index contributed by atoms with van der Waals surface area (Å²) in [6.07, 6.45) is 0. The summed E-state index contributed by atoms with van der Waals surface area (Å²) in [5.74, 6) is 0. The van der Waals surface area contributed by atoms with E-state index < -0.39 is 0 Å². The van der Waals surface area contributed by atoms with Crippen molar-refractivity contribution in [2.75, 3.05) is 12.4 Å². The van der Waals surface area contributed by atoms with Crippen molar-refractivity contribution in [3.63, 3.8) is 0 Å². The van der Waals surface area contributed by atoms with Gasteiger partial charge in [-0.3, -0.25) is 0 Å². The van der Waals surface area contributed by atoms with Crippen LogP contribution in [0.15, 0.2) is 24.3 Å². The van der Waals surface area contributed by atoms with Crippen LogP contribution in [-0.2, 0) is 9.47 Å². The van der Waals surface area contributed by atoms with Gasteiger partial charge in [-0.05, 0) is 24.6 Å². The molecule has 0 aliphatic carbocycles. The quantitative estimate of drug-likeness (QED) is 0.598. The van der Waals surface area contributed by atoms with Gasteiger partial charge in [0.15, 0.2) is 0 Å². The first-order valence-electron chi connectivity index (χ1n) is 4.41. The van der Waals surface area contributed by atoms with E-state index in [1.165, 1.54) is 11.3 Å². The molecule has 0 radical (unpaired) electrons. The molecule has 0 aliphatic rings. The third-order valence-electron chi connectivity index (χ3n) is 1.31. The summed E-state index contributed by atoms with van der Waals surface area (Å²) in [6.45, 7) is 6.08. The fourth-order valence-electron chi connectivity index (χ4n) is 0.801. The van der Waals surface area contributed by atoms with E-state index in [4.69, 9.17) is 0 Å². The molecule has 0 aromatic heterocycles. The van der Waals surface area contributed by atoms with Crippen LogP contribution in [0.3, 0.4) is 0 Å². The molecule has 14 heavy (non-hydrogen) atoms. The van der Waals surface area contributed by atoms with Gasteiger partial charge in [0.25, 0.3) is 0 Å². The maximum absolute atomic E-state index is 3.07. The van der Waals surface area contributed by atoms with Crippen LogP contribution >= 0.6 is 40.0 Å². The monoisotopic (exact) mass is 456 g/mol. The van der Waals surface area contributed by atoms with Crippen molar-refractivity contribution in [2.45, 2.75) is 20.8 Å². The number of hydrogen-bond acceptors (Lipinski definition) is 1. The zero-order valence-corrected chi connectivity index (χ0v) is 14.7. The second-order valence-electron chi connectivity index (χ2n) is 2.18. The molecular weight excluding hydrogens is 439 g/mol. The molecule has 81 valence electrons. The number of halogens is 2. The van der Waals surface area contributed by atoms with Crippen molar-refractivity contribution in [1.29, 1.82) is 0 Å². The van der Waals surface area contributed by atoms with Gasteiger partial charge >= 0.3 is 49.4 Å². The average Bonchev–Trinajstić information content (AvgIpc) is 2.22. The average molecular weight is 456 g/mol. The second-order valence-corrected chi connectivity index (χ2v) is 14.0. The van der Waals surface area contributed by atoms with E-state index in [2.05, 4.69) is 64.3 Å². The Morgan fingerprint density at radius 2 is 1.71 bits per heavy atom. The number of aryl methyl sites for hydroxylation is 1. The van der Waals surface area contributed by atoms with Crippen molar-refractivity contribution >= 4 is 45.6 Å². The van der Waals surface area contributed by atoms with Crippen LogP contribution in [0.4, 0.5) is 5.69 Å². The van der Waals surface area contributed by atoms with Gasteiger partial charge in [-0.2, -0.15) is 0 Å². The van der Waals surface area contributed by atoms with Crippen LogP contribution in [0.1, 0.15) is 19.4 Å². The van der Waals surface area contributed by atoms with Crippen LogP contribution in [0.5, 0.6) is 0 Å². The van der Waals surface area contributed by atoms with Crippen molar-refractivity contribution in [2.24, 2.45) is 0 Å². The van der Waals surface area contributed by atoms with Gasteiger partial charge in [0, 0.05) is 12.7 Å². The van der Waals surface area contributed by atoms with E-state index in [1.807, 2.05) is 33.0 Å². The van der Waals surface area contributed by atoms with Crippen molar-refractivity contribution in [3.8, 4) is 0 Å². The summed E-state index contributed by atoms with van der Waals surface area (Å²) in [5, 5.41) is 3.07. The van der Waals surface area contributed by atoms with E-state index in [0.717, 1.165) is 0 Å². The van der Waals surface area contributed by atoms with E-state index in [1.54, 1.807) is 0 Å². The van der Waals surface area contributed by atoms with Crippen LogP contribution in [-0.4, -0.2) is 7.05 Å². The summed E-state index contributed by atoms with van der Waals surface area (Å²) < 4.78 is 0. The molecule has 1 aromatic rings. The van der Waals surface area contributed by atoms with Crippen molar-refractivity contribution < 1.29 is 9.47 Å². The fraction of sp³-hybridized carbons (Fsp3) is 0.400. The Morgan fingerprint density at radius 1 is 1.21 bits per heavy atom. The minimum absolute atomic E-state index is 0.628. The van der Waals surface area contributed by atoms with Gasteiger partial charge in [-0.25, -0.2) is 0 Å². The van der Waals surface area contributed by atoms with E-state index in [9.17, 15) is 0 Å². The summed E-state index contributed by atoms with van der Waals surface area (Å²) >= 11 is 4.74. The third-order valence-corrected chi connectivity index (χ3v) is 1.31. The Hall–Kier alpha value is 1.06. The molecule has 0 bridgehead atoms. The molecule has 0 aliphatic heterocycles. The number of benzene rings is 1. The number of hydrogen-bond donors (Lipinski definition) is 1. The molecule has 0 spiro atoms. The van der Waals surface area contributed by atoms with Gasteiger partial charge in [-0.15, -0.1) is 0 Å². The molecule has 1 N–H and O–H groups in total. The fourth-order valence-corrected chi connectivity index (χ4v) is 0.801. The molecule has 0 atom stereocenters. The normalized spacial score (nSPS) is 7.29. The molecule has 0 saturated heterocycles. The number of rotatable bonds is 1. The van der Waals surface area contributed by atoms with Crippen LogP contribution < -0.4 is 5.32 Å². The molecule has 0 fully saturated rings. The third kappa shape index (κ3) is 11.1. The number of anilines is 1. The summed E-state index contributed by atoms with van der Waals surface area (Å²) in [7, 11) is 2.55. The first-order chi connectivity index (χ1) is 6.74. The summed E-state index contributed by atoms with van der Waals surface area (Å²) in [4.78, 5) is 0. The Kier molecular flexibility index (Phi) is 17.5. The summed E-state index contributed by atoms with van der Waals surface area (Å²) in [6, 6.07) is 8.29. The molecule has 0 heterocycles. The first kappa shape index (κ1) is 17.5. The Labute approximate surface area is 117 Å². The standard InChI is InChI=1S/C8H11N.C2H6.2HI.V/c1-7-4-3-5-8(6-7)9-2;1-2;;;/h3-6,9H,1-2H3;1-2H3;2*1H;/q;;;;+2/p-2. The molecular formula is C10H17I2NV. The van der Waals surface area contributed by atoms with Crippen LogP contribution in [0.2, 0.25) is 0 Å². The van der Waals surface area contributed by atoms with Crippen LogP contribution in [0, 0.1) is 6.92 Å². The van der Waals surface area contributed by atoms with Gasteiger partial charge in [0.2, 0.25) is 0 Å². The zero-order valence-electron chi connectivity index (χ0n) is 9.01. The molecule has 4 heteroatoms. The van der Waals surface area contributed by atoms with Crippen molar-refractivity contribution in [3.05, 3.63) is 29.8 Å². The number of nitrogens with one attached hydrogen (secondary N) is 1. The Morgan fingerprint density at radius 3 is 2.00 bits per heavy atom. The maximum atomic E-state index is 3.07. The first-order valence-corrected chi connectivity index (χ1v) is 13.4. The minimum atomic E-state index is 0.628. The summed E-state index contributed by atoms with van der Waals surface area (Å²) in [5.41, 5.74) is 2.47. The SMILES string of the molecule is CC.CNc1cccc(C)c1.[I][V][I]. The molecule has 0 amide bonds. The van der Waals surface area contributed by atoms with E-state index >= 15 is 0 Å². The molecule has 0 saturated carbocycles. The van der Waals surface area contributed by atoms with Gasteiger partial charge in [-0.1, -0.05) is 26.0 Å². The van der Waals surface area contributed by atoms with Gasteiger partial charge in [0.1, 0.15) is 0 Å². The molecule has 0 unspecified atom stereocenters. The topological polar surface area (TPSA) is 12.0 Å². The molecule has 1 rings (SSSR count). The predicted octanol–water partition coefficient (Wildman–Crippen LogP) is 4.83. The Balaban J connectivity index is 0. The second kappa shape index (κ2) is 14.1.